The molecule has 1 aliphatic carbocycles. The molecule has 0 aromatic rings. The number of guanidine groups is 2. The van der Waals surface area contributed by atoms with Crippen molar-refractivity contribution in [2.75, 3.05) is 13.1 Å². The van der Waals surface area contributed by atoms with Crippen molar-refractivity contribution >= 4 is 23.5 Å². The number of nitrogens with two attached hydrogens (primary N) is 2. The second kappa shape index (κ2) is 5.68. The molecule has 9 N–H and O–H groups in total. The zero-order valence-electron chi connectivity index (χ0n) is 13.9. The van der Waals surface area contributed by atoms with E-state index in [2.05, 4.69) is 35.7 Å². The van der Waals surface area contributed by atoms with Gasteiger partial charge in [0, 0.05) is 22.9 Å². The van der Waals surface area contributed by atoms with Crippen LogP contribution in [0.5, 0.6) is 0 Å². The average molecular weight is 399 g/mol. The van der Waals surface area contributed by atoms with Crippen LogP contribution in [-0.4, -0.2) is 68.8 Å². The van der Waals surface area contributed by atoms with E-state index in [1.165, 1.54) is 0 Å². The van der Waals surface area contributed by atoms with Gasteiger partial charge in [-0.1, -0.05) is 10.2 Å². The summed E-state index contributed by atoms with van der Waals surface area (Å²) < 4.78 is 1.59. The summed E-state index contributed by atoms with van der Waals surface area (Å²) in [6.07, 6.45) is -2.02. The van der Waals surface area contributed by atoms with Gasteiger partial charge in [-0.05, 0) is 22.9 Å². The molecule has 0 aromatic heterocycles. The molecule has 4 aliphatic rings. The van der Waals surface area contributed by atoms with E-state index in [-0.39, 0.29) is 25.0 Å². The highest BCUT2D eigenvalue weighted by atomic mass is 35.5. The van der Waals surface area contributed by atoms with Crippen molar-refractivity contribution in [3.05, 3.63) is 20.9 Å². The first-order chi connectivity index (χ1) is 12.8. The number of azide groups is 2. The number of nitrogens with zero attached hydrogens (tertiary/aromatic N) is 7. The second-order valence-corrected chi connectivity index (χ2v) is 7.60. The van der Waals surface area contributed by atoms with E-state index >= 15 is 0 Å². The van der Waals surface area contributed by atoms with Gasteiger partial charge >= 0.3 is 11.9 Å². The Hall–Kier alpha value is -2.63. The fourth-order valence-electron chi connectivity index (χ4n) is 5.45. The molecule has 144 valence electrons. The van der Waals surface area contributed by atoms with Crippen molar-refractivity contribution in [3.63, 3.8) is 0 Å². The minimum atomic E-state index is -1.65. The smallest absolute Gasteiger partial charge is 0.349 e. The quantitative estimate of drug-likeness (QED) is 0.0820. The highest BCUT2D eigenvalue weighted by molar-refractivity contribution is 6.22. The van der Waals surface area contributed by atoms with Gasteiger partial charge in [-0.15, -0.1) is 11.6 Å². The van der Waals surface area contributed by atoms with Gasteiger partial charge in [-0.25, -0.2) is 20.2 Å². The number of alkyl halides is 1. The van der Waals surface area contributed by atoms with Crippen LogP contribution in [0.2, 0.25) is 0 Å². The number of hydrogen-bond donors (Lipinski definition) is 7. The largest absolute Gasteiger partial charge is 0.358 e. The summed E-state index contributed by atoms with van der Waals surface area (Å²) in [6.45, 7) is -0.0167. The van der Waals surface area contributed by atoms with Crippen molar-refractivity contribution in [1.82, 2.24) is 10.6 Å². The van der Waals surface area contributed by atoms with E-state index < -0.39 is 46.8 Å². The molecule has 1 saturated heterocycles. The van der Waals surface area contributed by atoms with E-state index in [9.17, 15) is 10.2 Å². The highest BCUT2D eigenvalue weighted by Crippen LogP contribution is 2.60. The third-order valence-corrected chi connectivity index (χ3v) is 6.85. The van der Waals surface area contributed by atoms with E-state index in [4.69, 9.17) is 34.1 Å². The first-order valence-corrected chi connectivity index (χ1v) is 8.69. The summed E-state index contributed by atoms with van der Waals surface area (Å²) in [4.78, 5) is 8.51. The summed E-state index contributed by atoms with van der Waals surface area (Å²) in [5, 5.41) is 34.5. The Kier molecular flexibility index (Phi) is 3.74. The van der Waals surface area contributed by atoms with E-state index in [1.54, 1.807) is 4.58 Å². The van der Waals surface area contributed by atoms with Gasteiger partial charge in [0.1, 0.15) is 0 Å². The Labute approximate surface area is 157 Å². The van der Waals surface area contributed by atoms with Crippen molar-refractivity contribution in [2.24, 2.45) is 39.4 Å². The maximum Gasteiger partial charge on any atom is 0.349 e. The number of fused-ring (bicyclic) bond motifs is 3. The van der Waals surface area contributed by atoms with Crippen molar-refractivity contribution in [3.8, 4) is 0 Å². The Morgan fingerprint density at radius 2 is 1.89 bits per heavy atom. The lowest BCUT2D eigenvalue weighted by atomic mass is 9.77. The number of aliphatic hydroxyl groups is 2. The minimum absolute atomic E-state index is 0.00235. The number of halogens is 1. The standard InChI is InChI=1S/C12H17ClN12O2/c13-6-4(2-19-24-17)3(1-18-23-16)5-11(6)8(26)21-10(15)25(11)7-12(5,27)22-9(14)20-7/h3-8,26-27H,1-2H2,(H5,14,15,20,21,22)/p+2/t3-,4-,5+,6+,7?,8+,11+,12?/m1/s1. The van der Waals surface area contributed by atoms with Crippen LogP contribution in [0, 0.1) is 17.8 Å². The van der Waals surface area contributed by atoms with Gasteiger partial charge in [-0.2, -0.15) is 0 Å². The number of rotatable bonds is 4. The molecule has 1 saturated carbocycles. The monoisotopic (exact) mass is 398 g/mol. The lowest BCUT2D eigenvalue weighted by molar-refractivity contribution is -0.779. The number of aliphatic hydroxyl groups excluding tert-OH is 1. The lowest BCUT2D eigenvalue weighted by Crippen LogP contribution is -2.84. The van der Waals surface area contributed by atoms with Gasteiger partial charge in [0.15, 0.2) is 5.54 Å². The zero-order valence-corrected chi connectivity index (χ0v) is 14.7. The first kappa shape index (κ1) is 17.8. The molecule has 1 spiro atoms. The molecule has 2 fully saturated rings. The van der Waals surface area contributed by atoms with Crippen molar-refractivity contribution < 1.29 is 19.8 Å². The van der Waals surface area contributed by atoms with E-state index in [0.29, 0.717) is 0 Å². The minimum Gasteiger partial charge on any atom is -0.358 e. The van der Waals surface area contributed by atoms with Crippen LogP contribution in [0.25, 0.3) is 20.9 Å². The third-order valence-electron chi connectivity index (χ3n) is 6.18. The van der Waals surface area contributed by atoms with Crippen molar-refractivity contribution in [1.29, 1.82) is 0 Å². The molecule has 2 unspecified atom stereocenters. The Morgan fingerprint density at radius 3 is 2.52 bits per heavy atom. The van der Waals surface area contributed by atoms with Crippen LogP contribution < -0.4 is 27.1 Å². The molecular formula is C12H19ClN12O2+2. The van der Waals surface area contributed by atoms with Crippen LogP contribution in [0.1, 0.15) is 0 Å². The van der Waals surface area contributed by atoms with Gasteiger partial charge in [0.25, 0.3) is 11.9 Å². The molecule has 27 heavy (non-hydrogen) atoms. The summed E-state index contributed by atoms with van der Waals surface area (Å²) in [6, 6.07) is 0. The summed E-state index contributed by atoms with van der Waals surface area (Å²) in [7, 11) is 0. The maximum atomic E-state index is 11.5. The topological polar surface area (TPSA) is 231 Å². The third kappa shape index (κ3) is 1.93. The summed E-state index contributed by atoms with van der Waals surface area (Å²) >= 11 is 6.82. The molecular weight excluding hydrogens is 380 g/mol. The van der Waals surface area contributed by atoms with Crippen LogP contribution in [-0.2, 0) is 0 Å². The maximum absolute atomic E-state index is 11.5. The van der Waals surface area contributed by atoms with Gasteiger partial charge in [0.05, 0.1) is 11.3 Å². The molecule has 3 heterocycles. The number of hydrogen-bond acceptors (Lipinski definition) is 8. The molecule has 0 bridgehead atoms. The normalized spacial score (nSPS) is 46.4. The molecule has 0 amide bonds. The fourth-order valence-corrected chi connectivity index (χ4v) is 6.08. The van der Waals surface area contributed by atoms with Crippen LogP contribution in [0.4, 0.5) is 0 Å². The predicted molar refractivity (Wildman–Crippen MR) is 91.5 cm³/mol. The Morgan fingerprint density at radius 1 is 1.26 bits per heavy atom. The molecule has 3 aliphatic heterocycles. The molecule has 0 aromatic carbocycles. The highest BCUT2D eigenvalue weighted by Gasteiger charge is 2.85. The molecule has 15 heteroatoms. The number of nitrogens with one attached hydrogen (secondary N) is 3. The molecule has 0 radical (unpaired) electrons. The summed E-state index contributed by atoms with van der Waals surface area (Å²) in [5.74, 6) is -1.50. The molecule has 8 atom stereocenters. The fraction of sp³-hybridized carbons (Fsp3) is 0.833. The van der Waals surface area contributed by atoms with Crippen LogP contribution >= 0.6 is 11.6 Å². The second-order valence-electron chi connectivity index (χ2n) is 7.13. The molecule has 14 nitrogen and oxygen atoms in total. The van der Waals surface area contributed by atoms with Gasteiger partial charge in [-0.3, -0.25) is 11.5 Å². The van der Waals surface area contributed by atoms with Gasteiger partial charge in [0.2, 0.25) is 6.23 Å². The molecule has 4 rings (SSSR count). The van der Waals surface area contributed by atoms with Gasteiger partial charge < -0.3 is 10.2 Å². The van der Waals surface area contributed by atoms with Crippen LogP contribution in [0.15, 0.2) is 10.2 Å². The van der Waals surface area contributed by atoms with E-state index in [0.717, 1.165) is 0 Å². The predicted octanol–water partition coefficient (Wildman–Crippen LogP) is -3.91. The van der Waals surface area contributed by atoms with Crippen molar-refractivity contribution in [2.45, 2.75) is 29.0 Å². The Balaban J connectivity index is 1.93. The first-order valence-electron chi connectivity index (χ1n) is 8.25. The Bertz CT molecular complexity index is 849. The average Bonchev–Trinajstić information content (AvgIpc) is 3.20. The summed E-state index contributed by atoms with van der Waals surface area (Å²) in [5.41, 5.74) is 26.6. The van der Waals surface area contributed by atoms with Crippen LogP contribution in [0.3, 0.4) is 0 Å². The SMILES string of the molecule is [N-]=[N+]=NC[C@@H]1[C@@H](CN=[N+]=[N-])[C@H](Cl)[C@@]23[C@H](O)NC(N)=[N+]2C2[NH+]=C(N)NC2(O)[C@@H]13. The van der Waals surface area contributed by atoms with E-state index in [1.807, 2.05) is 0 Å². The zero-order chi connectivity index (χ0) is 19.6. The lowest BCUT2D eigenvalue weighted by Gasteiger charge is -2.33.